The molecule has 2 rings (SSSR count). The molecule has 1 N–H and O–H groups in total. The number of hydrogen-bond donors (Lipinski definition) is 1. The summed E-state index contributed by atoms with van der Waals surface area (Å²) >= 11 is 0. The number of aryl methyl sites for hydroxylation is 2. The van der Waals surface area contributed by atoms with Gasteiger partial charge in [-0.25, -0.2) is 4.79 Å². The van der Waals surface area contributed by atoms with Crippen LogP contribution in [-0.2, 0) is 11.3 Å². The van der Waals surface area contributed by atoms with Crippen LogP contribution in [0.1, 0.15) is 36.5 Å². The maximum atomic E-state index is 12.1. The van der Waals surface area contributed by atoms with E-state index in [1.54, 1.807) is 0 Å². The highest BCUT2D eigenvalue weighted by molar-refractivity contribution is 6.04. The highest BCUT2D eigenvalue weighted by Gasteiger charge is 2.37. The lowest BCUT2D eigenvalue weighted by Gasteiger charge is -2.15. The van der Waals surface area contributed by atoms with Gasteiger partial charge in [0.05, 0.1) is 6.54 Å². The smallest absolute Gasteiger partial charge is 0.325 e. The number of carbonyl (C=O) groups is 2. The minimum atomic E-state index is -0.345. The number of carbonyl (C=O) groups excluding carboxylic acids is 2. The summed E-state index contributed by atoms with van der Waals surface area (Å²) < 4.78 is 0. The Kier molecular flexibility index (Phi) is 3.88. The SMILES string of the molecule is CCCC1NC(=O)N(Cc2cc(C)ccc2C)C1=O. The van der Waals surface area contributed by atoms with Gasteiger partial charge in [-0.15, -0.1) is 0 Å². The molecule has 1 saturated heterocycles. The topological polar surface area (TPSA) is 49.4 Å². The van der Waals surface area contributed by atoms with Gasteiger partial charge in [0, 0.05) is 0 Å². The summed E-state index contributed by atoms with van der Waals surface area (Å²) in [5.74, 6) is -0.104. The van der Waals surface area contributed by atoms with Crippen LogP contribution in [0.15, 0.2) is 18.2 Å². The molecule has 0 spiro atoms. The van der Waals surface area contributed by atoms with Gasteiger partial charge >= 0.3 is 6.03 Å². The largest absolute Gasteiger partial charge is 0.326 e. The van der Waals surface area contributed by atoms with Crippen molar-refractivity contribution >= 4 is 11.9 Å². The Morgan fingerprint density at radius 1 is 1.26 bits per heavy atom. The fourth-order valence-corrected chi connectivity index (χ4v) is 2.35. The van der Waals surface area contributed by atoms with E-state index in [0.717, 1.165) is 23.1 Å². The van der Waals surface area contributed by atoms with Crippen LogP contribution in [-0.4, -0.2) is 22.9 Å². The van der Waals surface area contributed by atoms with Crippen molar-refractivity contribution in [2.45, 2.75) is 46.2 Å². The van der Waals surface area contributed by atoms with E-state index in [-0.39, 0.29) is 18.0 Å². The van der Waals surface area contributed by atoms with Crippen LogP contribution in [0.5, 0.6) is 0 Å². The predicted molar refractivity (Wildman–Crippen MR) is 73.7 cm³/mol. The third-order valence-corrected chi connectivity index (χ3v) is 3.52. The lowest BCUT2D eigenvalue weighted by atomic mass is 10.1. The van der Waals surface area contributed by atoms with Crippen LogP contribution >= 0.6 is 0 Å². The van der Waals surface area contributed by atoms with Crippen molar-refractivity contribution in [1.82, 2.24) is 10.2 Å². The first-order chi connectivity index (χ1) is 9.02. The number of nitrogens with zero attached hydrogens (tertiary/aromatic N) is 1. The lowest BCUT2D eigenvalue weighted by Crippen LogP contribution is -2.31. The molecule has 3 amide bonds. The molecule has 1 aliphatic heterocycles. The second kappa shape index (κ2) is 5.43. The first-order valence-electron chi connectivity index (χ1n) is 6.71. The van der Waals surface area contributed by atoms with Gasteiger partial charge in [0.25, 0.3) is 5.91 Å². The number of amides is 3. The van der Waals surface area contributed by atoms with E-state index in [9.17, 15) is 9.59 Å². The molecule has 1 fully saturated rings. The second-order valence-corrected chi connectivity index (χ2v) is 5.15. The molecule has 1 aliphatic rings. The van der Waals surface area contributed by atoms with E-state index < -0.39 is 0 Å². The van der Waals surface area contributed by atoms with Crippen LogP contribution in [0.4, 0.5) is 4.79 Å². The third kappa shape index (κ3) is 2.78. The maximum Gasteiger partial charge on any atom is 0.325 e. The number of benzene rings is 1. The molecule has 0 saturated carbocycles. The number of hydrogen-bond acceptors (Lipinski definition) is 2. The van der Waals surface area contributed by atoms with Crippen molar-refractivity contribution < 1.29 is 9.59 Å². The zero-order valence-electron chi connectivity index (χ0n) is 11.7. The summed E-state index contributed by atoms with van der Waals surface area (Å²) in [5.41, 5.74) is 3.27. The van der Waals surface area contributed by atoms with Crippen molar-refractivity contribution in [3.05, 3.63) is 34.9 Å². The quantitative estimate of drug-likeness (QED) is 0.846. The van der Waals surface area contributed by atoms with Gasteiger partial charge in [0.1, 0.15) is 6.04 Å². The van der Waals surface area contributed by atoms with Gasteiger partial charge in [0.2, 0.25) is 0 Å². The summed E-state index contributed by atoms with van der Waals surface area (Å²) in [6.07, 6.45) is 1.59. The molecule has 0 aliphatic carbocycles. The first kappa shape index (κ1) is 13.6. The van der Waals surface area contributed by atoms with E-state index in [1.807, 2.05) is 39.0 Å². The molecule has 0 radical (unpaired) electrons. The number of nitrogens with one attached hydrogen (secondary N) is 1. The van der Waals surface area contributed by atoms with Gasteiger partial charge in [-0.2, -0.15) is 0 Å². The molecule has 102 valence electrons. The molecule has 1 atom stereocenters. The van der Waals surface area contributed by atoms with Crippen molar-refractivity contribution in [2.75, 3.05) is 0 Å². The Bertz CT molecular complexity index is 511. The monoisotopic (exact) mass is 260 g/mol. The van der Waals surface area contributed by atoms with Gasteiger partial charge in [-0.1, -0.05) is 37.1 Å². The zero-order chi connectivity index (χ0) is 14.0. The summed E-state index contributed by atoms with van der Waals surface area (Å²) in [7, 11) is 0. The average molecular weight is 260 g/mol. The Labute approximate surface area is 113 Å². The Morgan fingerprint density at radius 2 is 2.00 bits per heavy atom. The Hall–Kier alpha value is -1.84. The Balaban J connectivity index is 2.17. The average Bonchev–Trinajstić information content (AvgIpc) is 2.62. The van der Waals surface area contributed by atoms with E-state index >= 15 is 0 Å². The predicted octanol–water partition coefficient (Wildman–Crippen LogP) is 2.52. The fraction of sp³-hybridized carbons (Fsp3) is 0.467. The van der Waals surface area contributed by atoms with Crippen LogP contribution < -0.4 is 5.32 Å². The highest BCUT2D eigenvalue weighted by atomic mass is 16.2. The number of imide groups is 1. The molecule has 0 aromatic heterocycles. The van der Waals surface area contributed by atoms with Crippen molar-refractivity contribution in [3.63, 3.8) is 0 Å². The fourth-order valence-electron chi connectivity index (χ4n) is 2.35. The molecule has 4 nitrogen and oxygen atoms in total. The summed E-state index contributed by atoms with van der Waals surface area (Å²) in [6.45, 7) is 6.37. The van der Waals surface area contributed by atoms with E-state index in [0.29, 0.717) is 13.0 Å². The van der Waals surface area contributed by atoms with Gasteiger partial charge in [-0.3, -0.25) is 9.69 Å². The van der Waals surface area contributed by atoms with E-state index in [1.165, 1.54) is 4.90 Å². The van der Waals surface area contributed by atoms with Crippen molar-refractivity contribution in [3.8, 4) is 0 Å². The Morgan fingerprint density at radius 3 is 2.68 bits per heavy atom. The molecule has 19 heavy (non-hydrogen) atoms. The van der Waals surface area contributed by atoms with Crippen LogP contribution in [0.2, 0.25) is 0 Å². The van der Waals surface area contributed by atoms with E-state index in [4.69, 9.17) is 0 Å². The van der Waals surface area contributed by atoms with Gasteiger partial charge < -0.3 is 5.32 Å². The number of rotatable bonds is 4. The second-order valence-electron chi connectivity index (χ2n) is 5.15. The first-order valence-corrected chi connectivity index (χ1v) is 6.71. The van der Waals surface area contributed by atoms with Crippen LogP contribution in [0.25, 0.3) is 0 Å². The van der Waals surface area contributed by atoms with Gasteiger partial charge in [-0.05, 0) is 31.4 Å². The molecular formula is C15H20N2O2. The lowest BCUT2D eigenvalue weighted by molar-refractivity contribution is -0.128. The number of urea groups is 1. The van der Waals surface area contributed by atoms with Crippen LogP contribution in [0, 0.1) is 13.8 Å². The minimum Gasteiger partial charge on any atom is -0.326 e. The summed E-state index contributed by atoms with van der Waals surface area (Å²) in [6, 6.07) is 5.47. The molecule has 1 aromatic rings. The van der Waals surface area contributed by atoms with Crippen molar-refractivity contribution in [1.29, 1.82) is 0 Å². The normalized spacial score (nSPS) is 18.9. The van der Waals surface area contributed by atoms with Crippen LogP contribution in [0.3, 0.4) is 0 Å². The summed E-state index contributed by atoms with van der Waals surface area (Å²) in [5, 5.41) is 2.75. The van der Waals surface area contributed by atoms with Gasteiger partial charge in [0.15, 0.2) is 0 Å². The molecule has 1 aromatic carbocycles. The molecule has 0 bridgehead atoms. The zero-order valence-corrected chi connectivity index (χ0v) is 11.7. The highest BCUT2D eigenvalue weighted by Crippen LogP contribution is 2.18. The summed E-state index contributed by atoms with van der Waals surface area (Å²) in [4.78, 5) is 25.3. The molecule has 1 unspecified atom stereocenters. The van der Waals surface area contributed by atoms with Crippen molar-refractivity contribution in [2.24, 2.45) is 0 Å². The molecular weight excluding hydrogens is 240 g/mol. The molecule has 1 heterocycles. The van der Waals surface area contributed by atoms with E-state index in [2.05, 4.69) is 5.32 Å². The third-order valence-electron chi connectivity index (χ3n) is 3.52. The standard InChI is InChI=1S/C15H20N2O2/c1-4-5-13-14(18)17(15(19)16-13)9-12-8-10(2)6-7-11(12)3/h6-8,13H,4-5,9H2,1-3H3,(H,16,19). The maximum absolute atomic E-state index is 12.1. The molecule has 4 heteroatoms. The minimum absolute atomic E-state index is 0.104.